The zero-order valence-corrected chi connectivity index (χ0v) is 17.0. The number of likely N-dealkylation sites (tertiary alicyclic amines) is 1. The SMILES string of the molecule is Cc1nc(C(C)(C)C)[nH]c(=O)c1C(=O)N1C[C@@H](N)[C@H](c2ccccc2)C1.Cl. The zero-order valence-electron chi connectivity index (χ0n) is 16.2. The van der Waals surface area contributed by atoms with Gasteiger partial charge in [0.05, 0.1) is 5.69 Å². The van der Waals surface area contributed by atoms with E-state index in [1.807, 2.05) is 51.1 Å². The van der Waals surface area contributed by atoms with Crippen molar-refractivity contribution in [3.05, 3.63) is 63.3 Å². The Balaban J connectivity index is 0.00000261. The number of hydrogen-bond acceptors (Lipinski definition) is 4. The standard InChI is InChI=1S/C20H26N4O2.ClH/c1-12-16(17(25)23-19(22-12)20(2,3)4)18(26)24-10-14(15(21)11-24)13-8-6-5-7-9-13;/h5-9,14-15H,10-11,21H2,1-4H3,(H,22,23,25);1H/t14-,15+;/m0./s1. The zero-order chi connectivity index (χ0) is 19.1. The molecule has 1 fully saturated rings. The van der Waals surface area contributed by atoms with E-state index in [-0.39, 0.29) is 46.8 Å². The largest absolute Gasteiger partial charge is 0.336 e. The number of amides is 1. The number of nitrogens with two attached hydrogens (primary N) is 1. The highest BCUT2D eigenvalue weighted by Crippen LogP contribution is 2.27. The summed E-state index contributed by atoms with van der Waals surface area (Å²) in [6.45, 7) is 8.55. The third-order valence-corrected chi connectivity index (χ3v) is 4.90. The second-order valence-corrected chi connectivity index (χ2v) is 8.02. The predicted octanol–water partition coefficient (Wildman–Crippen LogP) is 2.36. The van der Waals surface area contributed by atoms with Crippen molar-refractivity contribution in [2.75, 3.05) is 13.1 Å². The van der Waals surface area contributed by atoms with Crippen molar-refractivity contribution in [3.8, 4) is 0 Å². The second-order valence-electron chi connectivity index (χ2n) is 8.02. The van der Waals surface area contributed by atoms with Crippen molar-refractivity contribution in [3.63, 3.8) is 0 Å². The van der Waals surface area contributed by atoms with Crippen molar-refractivity contribution in [2.45, 2.75) is 45.1 Å². The highest BCUT2D eigenvalue weighted by Gasteiger charge is 2.36. The third kappa shape index (κ3) is 4.22. The normalized spacial score (nSPS) is 19.7. The molecule has 0 bridgehead atoms. The smallest absolute Gasteiger partial charge is 0.264 e. The lowest BCUT2D eigenvalue weighted by Gasteiger charge is -2.20. The van der Waals surface area contributed by atoms with Gasteiger partial charge in [0.2, 0.25) is 0 Å². The minimum absolute atomic E-state index is 0. The van der Waals surface area contributed by atoms with E-state index >= 15 is 0 Å². The van der Waals surface area contributed by atoms with Gasteiger partial charge in [-0.2, -0.15) is 0 Å². The first-order valence-corrected chi connectivity index (χ1v) is 8.89. The highest BCUT2D eigenvalue weighted by atomic mass is 35.5. The van der Waals surface area contributed by atoms with Crippen molar-refractivity contribution < 1.29 is 4.79 Å². The summed E-state index contributed by atoms with van der Waals surface area (Å²) in [7, 11) is 0. The minimum atomic E-state index is -0.385. The molecule has 1 aromatic heterocycles. The molecule has 1 aliphatic heterocycles. The molecule has 2 heterocycles. The van der Waals surface area contributed by atoms with Crippen molar-refractivity contribution in [1.82, 2.24) is 14.9 Å². The molecule has 146 valence electrons. The maximum Gasteiger partial charge on any atom is 0.264 e. The molecule has 0 aliphatic carbocycles. The number of rotatable bonds is 2. The quantitative estimate of drug-likeness (QED) is 0.823. The summed E-state index contributed by atoms with van der Waals surface area (Å²) in [4.78, 5) is 34.4. The number of aromatic nitrogens is 2. The van der Waals surface area contributed by atoms with Crippen LogP contribution in [-0.2, 0) is 5.41 Å². The Morgan fingerprint density at radius 1 is 1.22 bits per heavy atom. The fraction of sp³-hybridized carbons (Fsp3) is 0.450. The van der Waals surface area contributed by atoms with E-state index in [0.717, 1.165) is 5.56 Å². The van der Waals surface area contributed by atoms with E-state index in [4.69, 9.17) is 5.73 Å². The molecule has 1 amide bonds. The summed E-state index contributed by atoms with van der Waals surface area (Å²) < 4.78 is 0. The molecule has 0 unspecified atom stereocenters. The molecule has 6 nitrogen and oxygen atoms in total. The number of H-pyrrole nitrogens is 1. The number of nitrogens with zero attached hydrogens (tertiary/aromatic N) is 2. The van der Waals surface area contributed by atoms with Crippen LogP contribution in [0.2, 0.25) is 0 Å². The number of carbonyl (C=O) groups excluding carboxylic acids is 1. The number of hydrogen-bond donors (Lipinski definition) is 2. The van der Waals surface area contributed by atoms with Gasteiger partial charge in [0, 0.05) is 30.5 Å². The summed E-state index contributed by atoms with van der Waals surface area (Å²) in [5.41, 5.74) is 7.28. The van der Waals surface area contributed by atoms with Crippen LogP contribution in [0.1, 0.15) is 54.1 Å². The van der Waals surface area contributed by atoms with Gasteiger partial charge in [-0.25, -0.2) is 4.98 Å². The first-order chi connectivity index (χ1) is 12.2. The molecule has 0 saturated carbocycles. The summed E-state index contributed by atoms with van der Waals surface area (Å²) in [5, 5.41) is 0. The maximum atomic E-state index is 13.0. The summed E-state index contributed by atoms with van der Waals surface area (Å²) in [6.07, 6.45) is 0. The van der Waals surface area contributed by atoms with E-state index in [1.165, 1.54) is 0 Å². The van der Waals surface area contributed by atoms with Gasteiger partial charge in [-0.15, -0.1) is 12.4 Å². The van der Waals surface area contributed by atoms with Gasteiger partial charge < -0.3 is 15.6 Å². The third-order valence-electron chi connectivity index (χ3n) is 4.90. The first kappa shape index (κ1) is 21.1. The lowest BCUT2D eigenvalue weighted by atomic mass is 9.95. The summed E-state index contributed by atoms with van der Waals surface area (Å²) in [5.74, 6) is 0.351. The lowest BCUT2D eigenvalue weighted by molar-refractivity contribution is 0.0786. The van der Waals surface area contributed by atoms with E-state index in [0.29, 0.717) is 24.6 Å². The van der Waals surface area contributed by atoms with Gasteiger partial charge in [0.15, 0.2) is 0 Å². The fourth-order valence-electron chi connectivity index (χ4n) is 3.40. The van der Waals surface area contributed by atoms with Gasteiger partial charge in [0.1, 0.15) is 11.4 Å². The minimum Gasteiger partial charge on any atom is -0.336 e. The topological polar surface area (TPSA) is 92.1 Å². The van der Waals surface area contributed by atoms with Crippen molar-refractivity contribution in [2.24, 2.45) is 5.73 Å². The number of aryl methyl sites for hydroxylation is 1. The monoisotopic (exact) mass is 390 g/mol. The molecule has 2 atom stereocenters. The number of halogens is 1. The Morgan fingerprint density at radius 3 is 2.41 bits per heavy atom. The molecule has 1 aromatic carbocycles. The summed E-state index contributed by atoms with van der Waals surface area (Å²) >= 11 is 0. The van der Waals surface area contributed by atoms with E-state index < -0.39 is 0 Å². The van der Waals surface area contributed by atoms with Crippen LogP contribution in [0.3, 0.4) is 0 Å². The number of aromatic amines is 1. The van der Waals surface area contributed by atoms with Crippen LogP contribution in [0.15, 0.2) is 35.1 Å². The van der Waals surface area contributed by atoms with E-state index in [9.17, 15) is 9.59 Å². The van der Waals surface area contributed by atoms with E-state index in [2.05, 4.69) is 9.97 Å². The molecule has 3 N–H and O–H groups in total. The molecule has 7 heteroatoms. The Bertz CT molecular complexity index is 874. The Kier molecular flexibility index (Phi) is 6.12. The summed E-state index contributed by atoms with van der Waals surface area (Å²) in [6, 6.07) is 9.79. The molecule has 1 saturated heterocycles. The predicted molar refractivity (Wildman–Crippen MR) is 109 cm³/mol. The average Bonchev–Trinajstić information content (AvgIpc) is 2.96. The molecule has 0 spiro atoms. The lowest BCUT2D eigenvalue weighted by Crippen LogP contribution is -2.37. The van der Waals surface area contributed by atoms with Crippen LogP contribution >= 0.6 is 12.4 Å². The van der Waals surface area contributed by atoms with Crippen LogP contribution in [0.4, 0.5) is 0 Å². The molecular weight excluding hydrogens is 364 g/mol. The maximum absolute atomic E-state index is 13.0. The van der Waals surface area contributed by atoms with Crippen molar-refractivity contribution in [1.29, 1.82) is 0 Å². The van der Waals surface area contributed by atoms with Gasteiger partial charge in [-0.1, -0.05) is 51.1 Å². The van der Waals surface area contributed by atoms with Gasteiger partial charge in [-0.05, 0) is 12.5 Å². The number of benzene rings is 1. The average molecular weight is 391 g/mol. The fourth-order valence-corrected chi connectivity index (χ4v) is 3.40. The first-order valence-electron chi connectivity index (χ1n) is 8.89. The molecule has 0 radical (unpaired) electrons. The Labute approximate surface area is 165 Å². The van der Waals surface area contributed by atoms with Crippen LogP contribution < -0.4 is 11.3 Å². The van der Waals surface area contributed by atoms with Gasteiger partial charge in [0.25, 0.3) is 11.5 Å². The van der Waals surface area contributed by atoms with Gasteiger partial charge >= 0.3 is 0 Å². The molecule has 2 aromatic rings. The van der Waals surface area contributed by atoms with Crippen LogP contribution in [0, 0.1) is 6.92 Å². The molecule has 3 rings (SSSR count). The van der Waals surface area contributed by atoms with Crippen LogP contribution in [-0.4, -0.2) is 39.9 Å². The van der Waals surface area contributed by atoms with Gasteiger partial charge in [-0.3, -0.25) is 9.59 Å². The number of nitrogens with one attached hydrogen (secondary N) is 1. The Morgan fingerprint density at radius 2 is 1.85 bits per heavy atom. The molecule has 1 aliphatic rings. The molecule has 27 heavy (non-hydrogen) atoms. The second kappa shape index (κ2) is 7.82. The highest BCUT2D eigenvalue weighted by molar-refractivity contribution is 5.95. The van der Waals surface area contributed by atoms with Crippen LogP contribution in [0.25, 0.3) is 0 Å². The number of carbonyl (C=O) groups is 1. The van der Waals surface area contributed by atoms with Crippen molar-refractivity contribution >= 4 is 18.3 Å². The Hall–Kier alpha value is -2.18. The molecular formula is C20H27ClN4O2. The van der Waals surface area contributed by atoms with E-state index in [1.54, 1.807) is 11.8 Å². The van der Waals surface area contributed by atoms with Crippen LogP contribution in [0.5, 0.6) is 0 Å².